The number of hydrogen-bond acceptors (Lipinski definition) is 8. The Labute approximate surface area is 204 Å². The summed E-state index contributed by atoms with van der Waals surface area (Å²) in [5.41, 5.74) is 0. The van der Waals surface area contributed by atoms with E-state index in [0.717, 1.165) is 0 Å². The molecule has 0 aliphatic carbocycles. The number of aliphatic hydroxyl groups is 8. The van der Waals surface area contributed by atoms with E-state index < -0.39 is 58.6 Å². The van der Waals surface area contributed by atoms with E-state index in [1.807, 2.05) is 27.7 Å². The molecule has 200 valence electrons. The predicted molar refractivity (Wildman–Crippen MR) is 126 cm³/mol. The van der Waals surface area contributed by atoms with Gasteiger partial charge in [-0.05, 0) is 0 Å². The Kier molecular flexibility index (Phi) is 18.0. The van der Waals surface area contributed by atoms with Crippen molar-refractivity contribution in [2.24, 2.45) is 0 Å². The van der Waals surface area contributed by atoms with E-state index in [2.05, 4.69) is 0 Å². The van der Waals surface area contributed by atoms with Gasteiger partial charge in [0, 0.05) is 0 Å². The van der Waals surface area contributed by atoms with Gasteiger partial charge in [-0.2, -0.15) is 0 Å². The van der Waals surface area contributed by atoms with Gasteiger partial charge in [0.1, 0.15) is 0 Å². The normalized spacial score (nSPS) is 21.5. The van der Waals surface area contributed by atoms with Crippen LogP contribution in [0.15, 0.2) is 0 Å². The molecule has 0 aliphatic heterocycles. The van der Waals surface area contributed by atoms with Gasteiger partial charge in [0.2, 0.25) is 0 Å². The minimum absolute atomic E-state index is 0.114. The van der Waals surface area contributed by atoms with Gasteiger partial charge in [-0.25, -0.2) is 0 Å². The van der Waals surface area contributed by atoms with Crippen molar-refractivity contribution in [2.75, 3.05) is 0 Å². The van der Waals surface area contributed by atoms with E-state index in [4.69, 9.17) is 0 Å². The Morgan fingerprint density at radius 1 is 0.394 bits per heavy atom. The number of hydrogen-bond donors (Lipinski definition) is 8. The zero-order valence-corrected chi connectivity index (χ0v) is 22.7. The first kappa shape index (κ1) is 33.4. The summed E-state index contributed by atoms with van der Waals surface area (Å²) < 4.78 is -5.38. The first-order valence-electron chi connectivity index (χ1n) is 12.9. The molecule has 0 heterocycles. The van der Waals surface area contributed by atoms with E-state index in [9.17, 15) is 40.9 Å². The van der Waals surface area contributed by atoms with Crippen LogP contribution in [0.3, 0.4) is 0 Å². The first-order chi connectivity index (χ1) is 15.5. The van der Waals surface area contributed by atoms with Crippen LogP contribution in [0.4, 0.5) is 0 Å². The third-order valence-electron chi connectivity index (χ3n) is 6.78. The van der Waals surface area contributed by atoms with Gasteiger partial charge in [-0.15, -0.1) is 0 Å². The summed E-state index contributed by atoms with van der Waals surface area (Å²) in [5.74, 6) is 0. The summed E-state index contributed by atoms with van der Waals surface area (Å²) in [5, 5.41) is 87.2. The van der Waals surface area contributed by atoms with E-state index in [-0.39, 0.29) is 25.7 Å². The molecule has 33 heavy (non-hydrogen) atoms. The van der Waals surface area contributed by atoms with Crippen molar-refractivity contribution in [3.8, 4) is 0 Å². The van der Waals surface area contributed by atoms with Crippen LogP contribution < -0.4 is 0 Å². The zero-order chi connectivity index (χ0) is 25.6. The average molecular weight is 517 g/mol. The fourth-order valence-corrected chi connectivity index (χ4v) is 13.4. The molecule has 0 aromatic rings. The van der Waals surface area contributed by atoms with Crippen molar-refractivity contribution in [3.63, 3.8) is 0 Å². The van der Waals surface area contributed by atoms with Crippen LogP contribution in [0.2, 0.25) is 0 Å². The summed E-state index contributed by atoms with van der Waals surface area (Å²) in [6, 6.07) is 0. The molecule has 0 saturated carbocycles. The number of aliphatic hydroxyl groups excluding tert-OH is 8. The molecule has 8 N–H and O–H groups in total. The Bertz CT molecular complexity index is 398. The van der Waals surface area contributed by atoms with E-state index in [0.29, 0.717) is 51.4 Å². The molecule has 0 rings (SSSR count). The van der Waals surface area contributed by atoms with Gasteiger partial charge >= 0.3 is 204 Å². The van der Waals surface area contributed by atoms with E-state index >= 15 is 0 Å². The van der Waals surface area contributed by atoms with Crippen molar-refractivity contribution in [2.45, 2.75) is 147 Å². The van der Waals surface area contributed by atoms with Crippen LogP contribution in [0.5, 0.6) is 0 Å². The van der Waals surface area contributed by atoms with Crippen molar-refractivity contribution in [1.82, 2.24) is 0 Å². The molecule has 8 atom stereocenters. The van der Waals surface area contributed by atoms with Gasteiger partial charge in [-0.3, -0.25) is 0 Å². The standard InChI is InChI=1S/4C6H13O2.Ti/c4*1-2-3-6(8)4-5-7;/h4*5-8H,2-4H2,1H3;. The maximum atomic E-state index is 11.4. The van der Waals surface area contributed by atoms with Crippen molar-refractivity contribution >= 4 is 0 Å². The molecule has 0 spiro atoms. The van der Waals surface area contributed by atoms with Crippen molar-refractivity contribution in [3.05, 3.63) is 0 Å². The Balaban J connectivity index is 6.32. The molecule has 0 fully saturated rings. The Morgan fingerprint density at radius 2 is 0.576 bits per heavy atom. The second-order valence-electron chi connectivity index (χ2n) is 9.78. The molecule has 0 aromatic carbocycles. The molecule has 0 aromatic heterocycles. The molecule has 8 nitrogen and oxygen atoms in total. The fourth-order valence-electron chi connectivity index (χ4n) is 4.98. The average Bonchev–Trinajstić information content (AvgIpc) is 2.68. The summed E-state index contributed by atoms with van der Waals surface area (Å²) in [6.07, 6.45) is 0.476. The molecule has 8 unspecified atom stereocenters. The SMILES string of the molecule is CCCC(O)C[CH](O)[Ti]([CH](O)CC(O)CCC)([CH](O)CC(O)CCC)[CH](O)CC(O)CCC. The van der Waals surface area contributed by atoms with E-state index in [1.165, 1.54) is 0 Å². The molecular weight excluding hydrogens is 464 g/mol. The maximum absolute atomic E-state index is 11.4. The van der Waals surface area contributed by atoms with Crippen molar-refractivity contribution < 1.29 is 57.4 Å². The van der Waals surface area contributed by atoms with Crippen LogP contribution in [0.1, 0.15) is 105 Å². The molecule has 9 heteroatoms. The number of rotatable bonds is 20. The van der Waals surface area contributed by atoms with E-state index in [1.54, 1.807) is 0 Å². The summed E-state index contributed by atoms with van der Waals surface area (Å²) in [7, 11) is 0. The van der Waals surface area contributed by atoms with Crippen LogP contribution in [0, 0.1) is 0 Å². The summed E-state index contributed by atoms with van der Waals surface area (Å²) in [6.45, 7) is 7.58. The first-order valence-corrected chi connectivity index (χ1v) is 16.6. The van der Waals surface area contributed by atoms with Gasteiger partial charge in [0.05, 0.1) is 0 Å². The van der Waals surface area contributed by atoms with Crippen LogP contribution in [-0.2, 0) is 16.6 Å². The third kappa shape index (κ3) is 10.9. The Morgan fingerprint density at radius 3 is 0.727 bits per heavy atom. The van der Waals surface area contributed by atoms with Crippen LogP contribution >= 0.6 is 0 Å². The topological polar surface area (TPSA) is 162 Å². The second kappa shape index (κ2) is 17.8. The second-order valence-corrected chi connectivity index (χ2v) is 17.1. The van der Waals surface area contributed by atoms with Crippen molar-refractivity contribution in [1.29, 1.82) is 0 Å². The third-order valence-corrected chi connectivity index (χ3v) is 15.5. The monoisotopic (exact) mass is 516 g/mol. The van der Waals surface area contributed by atoms with Crippen LogP contribution in [0.25, 0.3) is 0 Å². The fraction of sp³-hybridized carbons (Fsp3) is 1.00. The minimum atomic E-state index is -4.70. The zero-order valence-electron chi connectivity index (χ0n) is 21.2. The molecular formula is C24H52O8Ti. The van der Waals surface area contributed by atoms with Gasteiger partial charge in [-0.1, -0.05) is 0 Å². The van der Waals surface area contributed by atoms with Gasteiger partial charge < -0.3 is 0 Å². The molecule has 0 saturated heterocycles. The van der Waals surface area contributed by atoms with Crippen LogP contribution in [-0.4, -0.2) is 82.9 Å². The molecule has 0 radical (unpaired) electrons. The Hall–Kier alpha value is 0.394. The molecule has 0 amide bonds. The van der Waals surface area contributed by atoms with Gasteiger partial charge in [0.25, 0.3) is 0 Å². The van der Waals surface area contributed by atoms with Gasteiger partial charge in [0.15, 0.2) is 0 Å². The predicted octanol–water partition coefficient (Wildman–Crippen LogP) is 1.62. The molecule has 0 bridgehead atoms. The molecule has 0 aliphatic rings. The quantitative estimate of drug-likeness (QED) is 0.113. The summed E-state index contributed by atoms with van der Waals surface area (Å²) in [4.78, 5) is 0. The summed E-state index contributed by atoms with van der Waals surface area (Å²) >= 11 is -4.70.